The Morgan fingerprint density at radius 1 is 0.871 bits per heavy atom. The van der Waals surface area contributed by atoms with Crippen molar-refractivity contribution in [2.75, 3.05) is 0 Å². The van der Waals surface area contributed by atoms with Crippen molar-refractivity contribution in [1.29, 1.82) is 0 Å². The number of carbonyl (C=O) groups excluding carboxylic acids is 2. The van der Waals surface area contributed by atoms with Crippen LogP contribution in [0.2, 0.25) is 0 Å². The summed E-state index contributed by atoms with van der Waals surface area (Å²) < 4.78 is 0.902. The molecule has 1 aliphatic carbocycles. The van der Waals surface area contributed by atoms with Gasteiger partial charge in [0.05, 0.1) is 0 Å². The Morgan fingerprint density at radius 2 is 1.52 bits per heavy atom. The minimum absolute atomic E-state index is 0.0656. The highest BCUT2D eigenvalue weighted by Crippen LogP contribution is 2.29. The molecule has 3 aromatic rings. The van der Waals surface area contributed by atoms with Crippen molar-refractivity contribution in [2.24, 2.45) is 5.92 Å². The van der Waals surface area contributed by atoms with Crippen LogP contribution in [-0.4, -0.2) is 11.6 Å². The standard InChI is InChI=1S/C27H20BrO3/c28-23-15-13-19(14-16-23)25(29)17-22-7-4-8-24(27(22)31)18-9-11-21(12-10-18)26(30)20-5-2-1-3-6-20/h1-16,22,26H,17H2. The van der Waals surface area contributed by atoms with Crippen LogP contribution in [0.4, 0.5) is 0 Å². The van der Waals surface area contributed by atoms with Crippen molar-refractivity contribution in [3.8, 4) is 0 Å². The lowest BCUT2D eigenvalue weighted by Gasteiger charge is -2.18. The fraction of sp³-hybridized carbons (Fsp3) is 0.111. The summed E-state index contributed by atoms with van der Waals surface area (Å²) in [5, 5.41) is 12.7. The molecule has 0 spiro atoms. The molecule has 4 rings (SSSR count). The van der Waals surface area contributed by atoms with Crippen molar-refractivity contribution < 1.29 is 14.7 Å². The van der Waals surface area contributed by atoms with Gasteiger partial charge in [-0.1, -0.05) is 101 Å². The van der Waals surface area contributed by atoms with E-state index in [1.165, 1.54) is 0 Å². The smallest absolute Gasteiger partial charge is 0.170 e. The Bertz CT molecular complexity index is 1140. The van der Waals surface area contributed by atoms with Gasteiger partial charge >= 0.3 is 0 Å². The summed E-state index contributed by atoms with van der Waals surface area (Å²) >= 11 is 3.36. The molecule has 153 valence electrons. The van der Waals surface area contributed by atoms with Gasteiger partial charge in [-0.05, 0) is 28.8 Å². The third-order valence-electron chi connectivity index (χ3n) is 5.41. The van der Waals surface area contributed by atoms with Crippen LogP contribution in [0.25, 0.3) is 5.57 Å². The van der Waals surface area contributed by atoms with Gasteiger partial charge in [0.2, 0.25) is 0 Å². The maximum atomic E-state index is 13.0. The maximum absolute atomic E-state index is 13.0. The second kappa shape index (κ2) is 9.38. The molecule has 2 atom stereocenters. The van der Waals surface area contributed by atoms with Gasteiger partial charge in [-0.15, -0.1) is 0 Å². The third kappa shape index (κ3) is 4.82. The molecule has 0 bridgehead atoms. The van der Waals surface area contributed by atoms with E-state index in [0.717, 1.165) is 10.0 Å². The van der Waals surface area contributed by atoms with Crippen molar-refractivity contribution in [3.63, 3.8) is 0 Å². The predicted molar refractivity (Wildman–Crippen MR) is 124 cm³/mol. The molecule has 1 radical (unpaired) electrons. The first-order chi connectivity index (χ1) is 15.0. The zero-order chi connectivity index (χ0) is 21.8. The van der Waals surface area contributed by atoms with Gasteiger partial charge in [0.25, 0.3) is 0 Å². The van der Waals surface area contributed by atoms with E-state index in [-0.39, 0.29) is 18.0 Å². The topological polar surface area (TPSA) is 54.0 Å². The molecule has 0 heterocycles. The number of Topliss-reactive ketones (excluding diaryl/α,β-unsaturated/α-hetero) is 2. The van der Waals surface area contributed by atoms with Gasteiger partial charge in [0.15, 0.2) is 11.6 Å². The van der Waals surface area contributed by atoms with Crippen LogP contribution in [-0.2, 0) is 9.90 Å². The molecule has 0 N–H and O–H groups in total. The monoisotopic (exact) mass is 471 g/mol. The van der Waals surface area contributed by atoms with Crippen molar-refractivity contribution in [2.45, 2.75) is 12.5 Å². The van der Waals surface area contributed by atoms with E-state index in [4.69, 9.17) is 0 Å². The Morgan fingerprint density at radius 3 is 2.19 bits per heavy atom. The zero-order valence-electron chi connectivity index (χ0n) is 16.7. The Balaban J connectivity index is 1.48. The molecule has 0 amide bonds. The molecule has 0 saturated carbocycles. The van der Waals surface area contributed by atoms with Gasteiger partial charge in [-0.25, -0.2) is 5.11 Å². The Labute approximate surface area is 189 Å². The van der Waals surface area contributed by atoms with E-state index in [2.05, 4.69) is 15.9 Å². The predicted octanol–water partition coefficient (Wildman–Crippen LogP) is 6.38. The lowest BCUT2D eigenvalue weighted by molar-refractivity contribution is -0.116. The van der Waals surface area contributed by atoms with Crippen LogP contribution in [0.3, 0.4) is 0 Å². The zero-order valence-corrected chi connectivity index (χ0v) is 18.3. The highest BCUT2D eigenvalue weighted by atomic mass is 79.9. The van der Waals surface area contributed by atoms with E-state index in [0.29, 0.717) is 22.3 Å². The Kier molecular flexibility index (Phi) is 6.40. The van der Waals surface area contributed by atoms with Crippen molar-refractivity contribution in [1.82, 2.24) is 0 Å². The Hall–Kier alpha value is -3.08. The van der Waals surface area contributed by atoms with Crippen LogP contribution in [0, 0.1) is 5.92 Å². The van der Waals surface area contributed by atoms with Gasteiger partial charge in [0.1, 0.15) is 6.10 Å². The summed E-state index contributed by atoms with van der Waals surface area (Å²) in [4.78, 5) is 25.7. The van der Waals surface area contributed by atoms with E-state index in [1.807, 2.05) is 48.5 Å². The normalized spacial score (nSPS) is 16.6. The fourth-order valence-corrected chi connectivity index (χ4v) is 3.93. The fourth-order valence-electron chi connectivity index (χ4n) is 3.67. The molecule has 2 unspecified atom stereocenters. The SMILES string of the molecule is [O]C(c1ccccc1)c1ccc(C2=CC=CC(CC(=O)c3ccc(Br)cc3)C2=O)cc1. The molecule has 3 aromatic carbocycles. The number of hydrogen-bond donors (Lipinski definition) is 0. The summed E-state index contributed by atoms with van der Waals surface area (Å²) in [6.07, 6.45) is 4.53. The van der Waals surface area contributed by atoms with Crippen molar-refractivity contribution >= 4 is 33.1 Å². The van der Waals surface area contributed by atoms with Crippen LogP contribution < -0.4 is 0 Å². The third-order valence-corrected chi connectivity index (χ3v) is 5.94. The number of allylic oxidation sites excluding steroid dienone is 4. The number of halogens is 1. The molecular weight excluding hydrogens is 452 g/mol. The van der Waals surface area contributed by atoms with E-state index < -0.39 is 12.0 Å². The molecule has 0 saturated heterocycles. The summed E-state index contributed by atoms with van der Waals surface area (Å²) in [6, 6.07) is 23.5. The summed E-state index contributed by atoms with van der Waals surface area (Å²) in [5.74, 6) is -0.640. The molecule has 4 heteroatoms. The van der Waals surface area contributed by atoms with Crippen LogP contribution in [0.1, 0.15) is 39.6 Å². The molecule has 0 aliphatic heterocycles. The van der Waals surface area contributed by atoms with Crippen LogP contribution in [0.5, 0.6) is 0 Å². The lowest BCUT2D eigenvalue weighted by atomic mass is 9.84. The molecule has 0 fully saturated rings. The first-order valence-corrected chi connectivity index (χ1v) is 10.8. The average molecular weight is 472 g/mol. The number of ketones is 2. The minimum atomic E-state index is -0.970. The molecule has 1 aliphatic rings. The summed E-state index contributed by atoms with van der Waals surface area (Å²) in [5.41, 5.74) is 3.26. The highest BCUT2D eigenvalue weighted by Gasteiger charge is 2.26. The molecule has 31 heavy (non-hydrogen) atoms. The first kappa shape index (κ1) is 21.2. The van der Waals surface area contributed by atoms with Gasteiger partial charge in [-0.3, -0.25) is 9.59 Å². The van der Waals surface area contributed by atoms with E-state index in [1.54, 1.807) is 48.6 Å². The summed E-state index contributed by atoms with van der Waals surface area (Å²) in [7, 11) is 0. The van der Waals surface area contributed by atoms with Crippen molar-refractivity contribution in [3.05, 3.63) is 124 Å². The largest absolute Gasteiger partial charge is 0.294 e. The molecular formula is C27H20BrO3. The highest BCUT2D eigenvalue weighted by molar-refractivity contribution is 9.10. The number of hydrogen-bond acceptors (Lipinski definition) is 2. The minimum Gasteiger partial charge on any atom is -0.294 e. The van der Waals surface area contributed by atoms with Crippen LogP contribution in [0.15, 0.2) is 102 Å². The number of benzene rings is 3. The van der Waals surface area contributed by atoms with Gasteiger partial charge in [0, 0.05) is 27.9 Å². The van der Waals surface area contributed by atoms with Crippen LogP contribution >= 0.6 is 15.9 Å². The van der Waals surface area contributed by atoms with E-state index in [9.17, 15) is 14.7 Å². The molecule has 0 aromatic heterocycles. The van der Waals surface area contributed by atoms with E-state index >= 15 is 0 Å². The summed E-state index contributed by atoms with van der Waals surface area (Å²) in [6.45, 7) is 0. The van der Waals surface area contributed by atoms with Gasteiger partial charge < -0.3 is 0 Å². The second-order valence-electron chi connectivity index (χ2n) is 7.48. The number of carbonyl (C=O) groups is 2. The first-order valence-electron chi connectivity index (χ1n) is 10.1. The quantitative estimate of drug-likeness (QED) is 0.391. The average Bonchev–Trinajstić information content (AvgIpc) is 2.81. The maximum Gasteiger partial charge on any atom is 0.170 e. The number of rotatable bonds is 6. The second-order valence-corrected chi connectivity index (χ2v) is 8.40. The lowest BCUT2D eigenvalue weighted by Crippen LogP contribution is -2.20. The van der Waals surface area contributed by atoms with Gasteiger partial charge in [-0.2, -0.15) is 0 Å². The molecule has 3 nitrogen and oxygen atoms in total.